The second-order valence-electron chi connectivity index (χ2n) is 4.27. The van der Waals surface area contributed by atoms with Gasteiger partial charge in [-0.25, -0.2) is 0 Å². The van der Waals surface area contributed by atoms with Crippen molar-refractivity contribution in [2.45, 2.75) is 12.5 Å². The van der Waals surface area contributed by atoms with Crippen molar-refractivity contribution in [1.29, 1.82) is 0 Å². The minimum Gasteiger partial charge on any atom is -0.366 e. The molecule has 0 radical (unpaired) electrons. The van der Waals surface area contributed by atoms with E-state index >= 15 is 0 Å². The van der Waals surface area contributed by atoms with Crippen LogP contribution >= 0.6 is 11.6 Å². The highest BCUT2D eigenvalue weighted by atomic mass is 35.5. The lowest BCUT2D eigenvalue weighted by molar-refractivity contribution is 0.719. The largest absolute Gasteiger partial charge is 0.366 e. The Morgan fingerprint density at radius 1 is 1.06 bits per heavy atom. The summed E-state index contributed by atoms with van der Waals surface area (Å²) >= 11 is 5.87. The summed E-state index contributed by atoms with van der Waals surface area (Å²) in [7, 11) is 0. The fourth-order valence-electron chi connectivity index (χ4n) is 1.78. The molecule has 0 saturated carbocycles. The first kappa shape index (κ1) is 12.5. The molecule has 0 bridgehead atoms. The average molecular weight is 256 g/mol. The van der Waals surface area contributed by atoms with Crippen molar-refractivity contribution in [3.05, 3.63) is 65.2 Å². The predicted octanol–water partition coefficient (Wildman–Crippen LogP) is 4.30. The molecule has 0 saturated heterocycles. The molecule has 0 aliphatic carbocycles. The van der Waals surface area contributed by atoms with Gasteiger partial charge in [-0.05, 0) is 36.8 Å². The molecule has 18 heavy (non-hydrogen) atoms. The minimum atomic E-state index is -0.533. The first-order valence-corrected chi connectivity index (χ1v) is 6.09. The van der Waals surface area contributed by atoms with E-state index in [0.29, 0.717) is 5.02 Å². The molecule has 0 aliphatic rings. The maximum Gasteiger partial charge on any atom is 0.121 e. The molecule has 0 spiro atoms. The van der Waals surface area contributed by atoms with Gasteiger partial charge in [0.25, 0.3) is 0 Å². The van der Waals surface area contributed by atoms with Crippen molar-refractivity contribution in [2.75, 3.05) is 5.32 Å². The highest BCUT2D eigenvalue weighted by Crippen LogP contribution is 2.26. The van der Waals surface area contributed by atoms with Gasteiger partial charge in [0.2, 0.25) is 0 Å². The number of terminal acetylenes is 1. The van der Waals surface area contributed by atoms with Crippen molar-refractivity contribution >= 4 is 17.3 Å². The molecule has 2 rings (SSSR count). The summed E-state index contributed by atoms with van der Waals surface area (Å²) in [5, 5.41) is 4.06. The van der Waals surface area contributed by atoms with Crippen LogP contribution in [-0.2, 0) is 5.54 Å². The molecule has 2 aromatic carbocycles. The molecule has 2 aromatic rings. The maximum absolute atomic E-state index is 5.87. The van der Waals surface area contributed by atoms with Crippen LogP contribution in [0.1, 0.15) is 12.5 Å². The van der Waals surface area contributed by atoms with Crippen molar-refractivity contribution in [3.63, 3.8) is 0 Å². The van der Waals surface area contributed by atoms with E-state index in [1.165, 1.54) is 0 Å². The third-order valence-electron chi connectivity index (χ3n) is 2.88. The normalized spacial score (nSPS) is 13.4. The quantitative estimate of drug-likeness (QED) is 0.807. The van der Waals surface area contributed by atoms with Gasteiger partial charge >= 0.3 is 0 Å². The van der Waals surface area contributed by atoms with Crippen LogP contribution in [0.2, 0.25) is 5.02 Å². The Morgan fingerprint density at radius 3 is 2.22 bits per heavy atom. The highest BCUT2D eigenvalue weighted by molar-refractivity contribution is 6.30. The van der Waals surface area contributed by atoms with Gasteiger partial charge in [-0.3, -0.25) is 0 Å². The number of benzene rings is 2. The Morgan fingerprint density at radius 2 is 1.67 bits per heavy atom. The maximum atomic E-state index is 5.87. The molecule has 1 unspecified atom stereocenters. The number of halogens is 1. The summed E-state index contributed by atoms with van der Waals surface area (Å²) in [5.74, 6) is 2.81. The van der Waals surface area contributed by atoms with Gasteiger partial charge in [0.15, 0.2) is 0 Å². The SMILES string of the molecule is C#CC(C)(Nc1ccc(Cl)cc1)c1ccccc1. The van der Waals surface area contributed by atoms with Crippen molar-refractivity contribution < 1.29 is 0 Å². The second-order valence-corrected chi connectivity index (χ2v) is 4.70. The van der Waals surface area contributed by atoms with Gasteiger partial charge < -0.3 is 5.32 Å². The zero-order chi connectivity index (χ0) is 13.0. The Bertz CT molecular complexity index is 554. The van der Waals surface area contributed by atoms with Crippen molar-refractivity contribution in [1.82, 2.24) is 0 Å². The standard InChI is InChI=1S/C16H14ClN/c1-3-16(2,13-7-5-4-6-8-13)18-15-11-9-14(17)10-12-15/h1,4-12,18H,2H3. The molecule has 1 nitrogen and oxygen atoms in total. The molecule has 0 amide bonds. The Kier molecular flexibility index (Phi) is 3.60. The third-order valence-corrected chi connectivity index (χ3v) is 3.13. The van der Waals surface area contributed by atoms with Gasteiger partial charge in [0.1, 0.15) is 5.54 Å². The zero-order valence-electron chi connectivity index (χ0n) is 10.2. The van der Waals surface area contributed by atoms with E-state index in [-0.39, 0.29) is 0 Å². The molecular weight excluding hydrogens is 242 g/mol. The predicted molar refractivity (Wildman–Crippen MR) is 77.7 cm³/mol. The molecule has 90 valence electrons. The first-order chi connectivity index (χ1) is 8.64. The van der Waals surface area contributed by atoms with Crippen molar-refractivity contribution in [3.8, 4) is 12.3 Å². The fourth-order valence-corrected chi connectivity index (χ4v) is 1.91. The molecule has 0 aliphatic heterocycles. The Labute approximate surface area is 113 Å². The van der Waals surface area contributed by atoms with Crippen LogP contribution in [0.4, 0.5) is 5.69 Å². The summed E-state index contributed by atoms with van der Waals surface area (Å²) in [6, 6.07) is 17.5. The van der Waals surface area contributed by atoms with Crippen LogP contribution in [0, 0.1) is 12.3 Å². The third kappa shape index (κ3) is 2.67. The van der Waals surface area contributed by atoms with Crippen LogP contribution < -0.4 is 5.32 Å². The topological polar surface area (TPSA) is 12.0 Å². The van der Waals surface area contributed by atoms with Gasteiger partial charge in [-0.1, -0.05) is 47.9 Å². The Hall–Kier alpha value is -1.91. The molecule has 0 fully saturated rings. The number of hydrogen-bond donors (Lipinski definition) is 1. The summed E-state index contributed by atoms with van der Waals surface area (Å²) in [6.45, 7) is 1.98. The molecule has 1 N–H and O–H groups in total. The van der Waals surface area contributed by atoms with Gasteiger partial charge in [0, 0.05) is 10.7 Å². The van der Waals surface area contributed by atoms with E-state index in [1.54, 1.807) is 0 Å². The lowest BCUT2D eigenvalue weighted by Gasteiger charge is -2.27. The molecule has 2 heteroatoms. The van der Waals surface area contributed by atoms with Crippen LogP contribution in [-0.4, -0.2) is 0 Å². The minimum absolute atomic E-state index is 0.533. The molecular formula is C16H14ClN. The first-order valence-electron chi connectivity index (χ1n) is 5.71. The van der Waals surface area contributed by atoms with Crippen LogP contribution in [0.3, 0.4) is 0 Å². The van der Waals surface area contributed by atoms with Crippen LogP contribution in [0.5, 0.6) is 0 Å². The monoisotopic (exact) mass is 255 g/mol. The second kappa shape index (κ2) is 5.16. The number of hydrogen-bond acceptors (Lipinski definition) is 1. The van der Waals surface area contributed by atoms with E-state index in [1.807, 2.05) is 61.5 Å². The fraction of sp³-hybridized carbons (Fsp3) is 0.125. The lowest BCUT2D eigenvalue weighted by Crippen LogP contribution is -2.29. The summed E-state index contributed by atoms with van der Waals surface area (Å²) in [4.78, 5) is 0. The van der Waals surface area contributed by atoms with E-state index in [4.69, 9.17) is 18.0 Å². The van der Waals surface area contributed by atoms with Crippen LogP contribution in [0.15, 0.2) is 54.6 Å². The number of rotatable bonds is 3. The van der Waals surface area contributed by atoms with Gasteiger partial charge in [-0.15, -0.1) is 6.42 Å². The Balaban J connectivity index is 2.30. The molecule has 0 aromatic heterocycles. The lowest BCUT2D eigenvalue weighted by atomic mass is 9.92. The number of nitrogens with one attached hydrogen (secondary N) is 1. The smallest absolute Gasteiger partial charge is 0.121 e. The van der Waals surface area contributed by atoms with Gasteiger partial charge in [0.05, 0.1) is 0 Å². The average Bonchev–Trinajstić information content (AvgIpc) is 2.42. The van der Waals surface area contributed by atoms with E-state index < -0.39 is 5.54 Å². The van der Waals surface area contributed by atoms with E-state index in [9.17, 15) is 0 Å². The summed E-state index contributed by atoms with van der Waals surface area (Å²) < 4.78 is 0. The molecule has 1 atom stereocenters. The van der Waals surface area contributed by atoms with Crippen LogP contribution in [0.25, 0.3) is 0 Å². The van der Waals surface area contributed by atoms with Crippen molar-refractivity contribution in [2.24, 2.45) is 0 Å². The van der Waals surface area contributed by atoms with E-state index in [0.717, 1.165) is 11.3 Å². The summed E-state index contributed by atoms with van der Waals surface area (Å²) in [5.41, 5.74) is 1.47. The molecule has 0 heterocycles. The number of anilines is 1. The highest BCUT2D eigenvalue weighted by Gasteiger charge is 2.23. The summed E-state index contributed by atoms with van der Waals surface area (Å²) in [6.07, 6.45) is 5.68. The van der Waals surface area contributed by atoms with E-state index in [2.05, 4.69) is 11.2 Å². The zero-order valence-corrected chi connectivity index (χ0v) is 10.9. The van der Waals surface area contributed by atoms with Gasteiger partial charge in [-0.2, -0.15) is 0 Å².